The topological polar surface area (TPSA) is 62.1 Å². The molecule has 0 aliphatic heterocycles. The number of ether oxygens (including phenoxy) is 1. The van der Waals surface area contributed by atoms with E-state index in [-0.39, 0.29) is 5.57 Å². The van der Waals surface area contributed by atoms with Crippen molar-refractivity contribution in [2.24, 2.45) is 0 Å². The Kier molecular flexibility index (Phi) is 6.90. The smallest absolute Gasteiger partial charge is 0.266 e. The van der Waals surface area contributed by atoms with E-state index in [0.29, 0.717) is 28.6 Å². The molecule has 0 atom stereocenters. The van der Waals surface area contributed by atoms with Crippen LogP contribution in [0, 0.1) is 25.2 Å². The van der Waals surface area contributed by atoms with Crippen LogP contribution in [0.5, 0.6) is 5.75 Å². The Morgan fingerprint density at radius 1 is 1.10 bits per heavy atom. The van der Waals surface area contributed by atoms with Crippen molar-refractivity contribution < 1.29 is 9.53 Å². The van der Waals surface area contributed by atoms with Crippen LogP contribution in [-0.4, -0.2) is 5.91 Å². The Labute approximate surface area is 181 Å². The van der Waals surface area contributed by atoms with Gasteiger partial charge in [-0.3, -0.25) is 4.79 Å². The Bertz CT molecular complexity index is 1150. The molecular formula is C25H21ClN2O2. The monoisotopic (exact) mass is 416 g/mol. The molecule has 0 bridgehead atoms. The quantitative estimate of drug-likeness (QED) is 0.391. The van der Waals surface area contributed by atoms with E-state index in [1.54, 1.807) is 12.1 Å². The molecule has 1 amide bonds. The lowest BCUT2D eigenvalue weighted by atomic mass is 10.1. The summed E-state index contributed by atoms with van der Waals surface area (Å²) in [6.07, 6.45) is 1.54. The van der Waals surface area contributed by atoms with Crippen molar-refractivity contribution in [2.75, 3.05) is 5.32 Å². The number of nitrogens with zero attached hydrogens (tertiary/aromatic N) is 1. The van der Waals surface area contributed by atoms with E-state index < -0.39 is 5.91 Å². The molecule has 5 heteroatoms. The van der Waals surface area contributed by atoms with E-state index >= 15 is 0 Å². The van der Waals surface area contributed by atoms with E-state index in [1.807, 2.05) is 80.6 Å². The molecule has 3 aromatic carbocycles. The lowest BCUT2D eigenvalue weighted by molar-refractivity contribution is -0.112. The predicted molar refractivity (Wildman–Crippen MR) is 120 cm³/mol. The SMILES string of the molecule is Cc1ccc(C)c(NC(=O)/C(C#N)=C/c2cccc(OCc3ccccc3Cl)c2)c1. The molecule has 0 heterocycles. The molecule has 1 N–H and O–H groups in total. The first-order valence-corrected chi connectivity index (χ1v) is 9.81. The van der Waals surface area contributed by atoms with Gasteiger partial charge in [-0.1, -0.05) is 54.1 Å². The second kappa shape index (κ2) is 9.78. The highest BCUT2D eigenvalue weighted by Gasteiger charge is 2.11. The first kappa shape index (κ1) is 21.2. The van der Waals surface area contributed by atoms with Gasteiger partial charge >= 0.3 is 0 Å². The fourth-order valence-electron chi connectivity index (χ4n) is 2.85. The van der Waals surface area contributed by atoms with Crippen molar-refractivity contribution >= 4 is 29.3 Å². The summed E-state index contributed by atoms with van der Waals surface area (Å²) in [5.41, 5.74) is 4.24. The fourth-order valence-corrected chi connectivity index (χ4v) is 3.04. The normalized spacial score (nSPS) is 10.9. The van der Waals surface area contributed by atoms with E-state index in [2.05, 4.69) is 5.32 Å². The molecular weight excluding hydrogens is 396 g/mol. The van der Waals surface area contributed by atoms with Gasteiger partial charge in [0.1, 0.15) is 24.0 Å². The van der Waals surface area contributed by atoms with Crippen LogP contribution in [0.25, 0.3) is 6.08 Å². The van der Waals surface area contributed by atoms with E-state index in [9.17, 15) is 10.1 Å². The first-order valence-electron chi connectivity index (χ1n) is 9.43. The third-order valence-electron chi connectivity index (χ3n) is 4.53. The van der Waals surface area contributed by atoms with E-state index in [0.717, 1.165) is 16.7 Å². The maximum Gasteiger partial charge on any atom is 0.266 e. The summed E-state index contributed by atoms with van der Waals surface area (Å²) in [4.78, 5) is 12.6. The largest absolute Gasteiger partial charge is 0.489 e. The number of halogens is 1. The van der Waals surface area contributed by atoms with Crippen molar-refractivity contribution in [3.63, 3.8) is 0 Å². The van der Waals surface area contributed by atoms with Gasteiger partial charge in [0.15, 0.2) is 0 Å². The van der Waals surface area contributed by atoms with Gasteiger partial charge in [0.25, 0.3) is 5.91 Å². The number of amides is 1. The summed E-state index contributed by atoms with van der Waals surface area (Å²) in [6, 6.07) is 22.5. The Morgan fingerprint density at radius 2 is 1.90 bits per heavy atom. The standard InChI is InChI=1S/C25H21ClN2O2/c1-17-10-11-18(2)24(12-17)28-25(29)21(15-27)13-19-6-5-8-22(14-19)30-16-20-7-3-4-9-23(20)26/h3-14H,16H2,1-2H3,(H,28,29)/b21-13+. The van der Waals surface area contributed by atoms with E-state index in [4.69, 9.17) is 16.3 Å². The second-order valence-corrected chi connectivity index (χ2v) is 7.30. The van der Waals surface area contributed by atoms with Crippen molar-refractivity contribution in [3.05, 3.63) is 99.6 Å². The molecule has 0 saturated heterocycles. The number of aryl methyl sites for hydroxylation is 2. The van der Waals surface area contributed by atoms with Crippen molar-refractivity contribution in [2.45, 2.75) is 20.5 Å². The van der Waals surface area contributed by atoms with Gasteiger partial charge in [-0.2, -0.15) is 5.26 Å². The summed E-state index contributed by atoms with van der Waals surface area (Å²) < 4.78 is 5.82. The molecule has 3 rings (SSSR count). The molecule has 0 unspecified atom stereocenters. The van der Waals surface area contributed by atoms with Gasteiger partial charge in [-0.15, -0.1) is 0 Å². The molecule has 0 spiro atoms. The zero-order chi connectivity index (χ0) is 21.5. The van der Waals surface area contributed by atoms with Crippen LogP contribution in [0.4, 0.5) is 5.69 Å². The van der Waals surface area contributed by atoms with Crippen molar-refractivity contribution in [1.82, 2.24) is 0 Å². The number of benzene rings is 3. The second-order valence-electron chi connectivity index (χ2n) is 6.89. The highest BCUT2D eigenvalue weighted by atomic mass is 35.5. The minimum atomic E-state index is -0.450. The average Bonchev–Trinajstić information content (AvgIpc) is 2.74. The number of anilines is 1. The molecule has 0 fully saturated rings. The van der Waals surface area contributed by atoms with Gasteiger partial charge in [-0.05, 0) is 60.9 Å². The van der Waals surface area contributed by atoms with E-state index in [1.165, 1.54) is 0 Å². The summed E-state index contributed by atoms with van der Waals surface area (Å²) in [7, 11) is 0. The van der Waals surface area contributed by atoms with Gasteiger partial charge in [0, 0.05) is 16.3 Å². The van der Waals surface area contributed by atoms with Crippen LogP contribution < -0.4 is 10.1 Å². The van der Waals surface area contributed by atoms with Crippen molar-refractivity contribution in [3.8, 4) is 11.8 Å². The molecule has 150 valence electrons. The van der Waals surface area contributed by atoms with Gasteiger partial charge in [-0.25, -0.2) is 0 Å². The molecule has 0 radical (unpaired) electrons. The Morgan fingerprint density at radius 3 is 2.67 bits per heavy atom. The Hall–Kier alpha value is -3.55. The van der Waals surface area contributed by atoms with Crippen LogP contribution in [0.1, 0.15) is 22.3 Å². The third-order valence-corrected chi connectivity index (χ3v) is 4.90. The predicted octanol–water partition coefficient (Wildman–Crippen LogP) is 6.08. The highest BCUT2D eigenvalue weighted by molar-refractivity contribution is 6.31. The van der Waals surface area contributed by atoms with Crippen LogP contribution in [0.15, 0.2) is 72.3 Å². The maximum atomic E-state index is 12.6. The zero-order valence-corrected chi connectivity index (χ0v) is 17.5. The average molecular weight is 417 g/mol. The first-order chi connectivity index (χ1) is 14.5. The number of carbonyl (C=O) groups excluding carboxylic acids is 1. The third kappa shape index (κ3) is 5.50. The lowest BCUT2D eigenvalue weighted by Crippen LogP contribution is -2.14. The zero-order valence-electron chi connectivity index (χ0n) is 16.8. The molecule has 0 aliphatic rings. The van der Waals surface area contributed by atoms with Gasteiger partial charge in [0.05, 0.1) is 0 Å². The number of hydrogen-bond acceptors (Lipinski definition) is 3. The van der Waals surface area contributed by atoms with Crippen molar-refractivity contribution in [1.29, 1.82) is 5.26 Å². The minimum Gasteiger partial charge on any atom is -0.489 e. The molecule has 4 nitrogen and oxygen atoms in total. The summed E-state index contributed by atoms with van der Waals surface area (Å²) >= 11 is 6.16. The summed E-state index contributed by atoms with van der Waals surface area (Å²) in [5, 5.41) is 12.9. The van der Waals surface area contributed by atoms with Gasteiger partial charge < -0.3 is 10.1 Å². The van der Waals surface area contributed by atoms with Crippen LogP contribution in [-0.2, 0) is 11.4 Å². The number of nitrogens with one attached hydrogen (secondary N) is 1. The molecule has 0 aromatic heterocycles. The number of rotatable bonds is 6. The van der Waals surface area contributed by atoms with Crippen LogP contribution in [0.2, 0.25) is 5.02 Å². The van der Waals surface area contributed by atoms with Crippen LogP contribution >= 0.6 is 11.6 Å². The molecule has 0 saturated carbocycles. The fraction of sp³-hybridized carbons (Fsp3) is 0.120. The van der Waals surface area contributed by atoms with Crippen LogP contribution in [0.3, 0.4) is 0 Å². The van der Waals surface area contributed by atoms with Gasteiger partial charge in [0.2, 0.25) is 0 Å². The lowest BCUT2D eigenvalue weighted by Gasteiger charge is -2.10. The number of carbonyl (C=O) groups is 1. The number of hydrogen-bond donors (Lipinski definition) is 1. The molecule has 0 aliphatic carbocycles. The summed E-state index contributed by atoms with van der Waals surface area (Å²) in [5.74, 6) is 0.171. The highest BCUT2D eigenvalue weighted by Crippen LogP contribution is 2.21. The summed E-state index contributed by atoms with van der Waals surface area (Å²) in [6.45, 7) is 4.18. The molecule has 3 aromatic rings. The minimum absolute atomic E-state index is 0.0131. The number of nitriles is 1. The Balaban J connectivity index is 1.75. The molecule has 30 heavy (non-hydrogen) atoms. The maximum absolute atomic E-state index is 12.6.